The number of halogens is 1. The van der Waals surface area contributed by atoms with Gasteiger partial charge in [-0.2, -0.15) is 5.10 Å². The average Bonchev–Trinajstić information content (AvgIpc) is 3.35. The number of aromatic nitrogens is 2. The van der Waals surface area contributed by atoms with Crippen LogP contribution in [0.3, 0.4) is 0 Å². The van der Waals surface area contributed by atoms with Gasteiger partial charge in [0, 0.05) is 56.5 Å². The third-order valence-corrected chi connectivity index (χ3v) is 6.34. The van der Waals surface area contributed by atoms with E-state index in [1.807, 2.05) is 24.1 Å². The maximum absolute atomic E-state index is 13.4. The zero-order chi connectivity index (χ0) is 22.4. The molecule has 1 aliphatic heterocycles. The van der Waals surface area contributed by atoms with Crippen LogP contribution in [-0.2, 0) is 13.5 Å². The first-order chi connectivity index (χ1) is 15.5. The lowest BCUT2D eigenvalue weighted by molar-refractivity contribution is 0.0739. The Morgan fingerprint density at radius 3 is 2.31 bits per heavy atom. The predicted octanol–water partition coefficient (Wildman–Crippen LogP) is 3.11. The molecule has 3 aromatic rings. The number of ether oxygens (including phenoxy) is 2. The Hall–Kier alpha value is -3.55. The molecule has 0 N–H and O–H groups in total. The molecular formula is C24H25FN4O3. The van der Waals surface area contributed by atoms with E-state index in [4.69, 9.17) is 9.47 Å². The molecule has 7 nitrogen and oxygen atoms in total. The summed E-state index contributed by atoms with van der Waals surface area (Å²) in [6, 6.07) is 10.4. The molecule has 0 bridgehead atoms. The zero-order valence-corrected chi connectivity index (χ0v) is 18.4. The summed E-state index contributed by atoms with van der Waals surface area (Å²) in [6.45, 7) is 2.58. The van der Waals surface area contributed by atoms with Crippen molar-refractivity contribution >= 4 is 11.6 Å². The Kier molecular flexibility index (Phi) is 5.00. The van der Waals surface area contributed by atoms with Crippen molar-refractivity contribution in [3.05, 3.63) is 59.0 Å². The topological polar surface area (TPSA) is 59.8 Å². The van der Waals surface area contributed by atoms with Crippen molar-refractivity contribution in [1.29, 1.82) is 0 Å². The highest BCUT2D eigenvalue weighted by Gasteiger charge is 2.33. The molecule has 5 rings (SSSR count). The summed E-state index contributed by atoms with van der Waals surface area (Å²) in [5.41, 5.74) is 5.49. The molecule has 2 aromatic carbocycles. The normalized spacial score (nSPS) is 14.9. The fourth-order valence-electron chi connectivity index (χ4n) is 4.69. The number of nitrogens with zero attached hydrogens (tertiary/aromatic N) is 4. The molecule has 1 saturated heterocycles. The van der Waals surface area contributed by atoms with Crippen molar-refractivity contribution in [2.75, 3.05) is 45.3 Å². The van der Waals surface area contributed by atoms with Crippen LogP contribution in [0.1, 0.15) is 21.6 Å². The van der Waals surface area contributed by atoms with Crippen molar-refractivity contribution in [3.8, 4) is 22.8 Å². The molecule has 0 radical (unpaired) electrons. The molecule has 166 valence electrons. The third kappa shape index (κ3) is 3.26. The summed E-state index contributed by atoms with van der Waals surface area (Å²) in [6.07, 6.45) is 0.634. The van der Waals surface area contributed by atoms with Crippen molar-refractivity contribution < 1.29 is 18.7 Å². The van der Waals surface area contributed by atoms with E-state index in [1.54, 1.807) is 31.0 Å². The molecule has 2 aliphatic rings. The lowest BCUT2D eigenvalue weighted by Crippen LogP contribution is -2.49. The first-order valence-electron chi connectivity index (χ1n) is 10.6. The van der Waals surface area contributed by atoms with Crippen LogP contribution in [0.2, 0.25) is 0 Å². The summed E-state index contributed by atoms with van der Waals surface area (Å²) in [4.78, 5) is 17.4. The lowest BCUT2D eigenvalue weighted by atomic mass is 10.1. The molecule has 1 amide bonds. The minimum atomic E-state index is -0.247. The minimum Gasteiger partial charge on any atom is -0.493 e. The van der Waals surface area contributed by atoms with Gasteiger partial charge >= 0.3 is 0 Å². The van der Waals surface area contributed by atoms with Crippen molar-refractivity contribution in [1.82, 2.24) is 14.7 Å². The zero-order valence-electron chi connectivity index (χ0n) is 18.4. The van der Waals surface area contributed by atoms with Gasteiger partial charge in [0.25, 0.3) is 5.91 Å². The highest BCUT2D eigenvalue weighted by molar-refractivity contribution is 5.97. The van der Waals surface area contributed by atoms with Crippen LogP contribution in [0, 0.1) is 5.82 Å². The summed E-state index contributed by atoms with van der Waals surface area (Å²) in [7, 11) is 5.10. The molecule has 0 unspecified atom stereocenters. The summed E-state index contributed by atoms with van der Waals surface area (Å²) in [5.74, 6) is 1.04. The quantitative estimate of drug-likeness (QED) is 0.492. The molecular weight excluding hydrogens is 411 g/mol. The number of anilines is 1. The Labute approximate surface area is 185 Å². The number of carbonyl (C=O) groups is 1. The highest BCUT2D eigenvalue weighted by Crippen LogP contribution is 2.43. The van der Waals surface area contributed by atoms with Gasteiger partial charge in [0.1, 0.15) is 5.82 Å². The Morgan fingerprint density at radius 2 is 1.66 bits per heavy atom. The first-order valence-corrected chi connectivity index (χ1v) is 10.6. The highest BCUT2D eigenvalue weighted by atomic mass is 19.1. The number of amides is 1. The largest absolute Gasteiger partial charge is 0.493 e. The molecule has 8 heteroatoms. The van der Waals surface area contributed by atoms with E-state index in [9.17, 15) is 9.18 Å². The van der Waals surface area contributed by atoms with Crippen LogP contribution in [0.15, 0.2) is 36.4 Å². The number of piperazine rings is 1. The summed E-state index contributed by atoms with van der Waals surface area (Å²) < 4.78 is 25.9. The van der Waals surface area contributed by atoms with Gasteiger partial charge in [-0.05, 0) is 42.0 Å². The van der Waals surface area contributed by atoms with E-state index >= 15 is 0 Å². The molecule has 1 aromatic heterocycles. The molecule has 1 fully saturated rings. The maximum atomic E-state index is 13.4. The third-order valence-electron chi connectivity index (χ3n) is 6.34. The van der Waals surface area contributed by atoms with E-state index in [0.29, 0.717) is 49.8 Å². The lowest BCUT2D eigenvalue weighted by Gasteiger charge is -2.36. The first kappa shape index (κ1) is 20.4. The van der Waals surface area contributed by atoms with Crippen LogP contribution in [0.5, 0.6) is 11.5 Å². The second kappa shape index (κ2) is 7.85. The Morgan fingerprint density at radius 1 is 1.00 bits per heavy atom. The maximum Gasteiger partial charge on any atom is 0.274 e. The summed E-state index contributed by atoms with van der Waals surface area (Å²) >= 11 is 0. The number of aryl methyl sites for hydroxylation is 1. The van der Waals surface area contributed by atoms with Crippen molar-refractivity contribution in [2.45, 2.75) is 6.42 Å². The monoisotopic (exact) mass is 436 g/mol. The molecule has 0 spiro atoms. The van der Waals surface area contributed by atoms with Crippen molar-refractivity contribution in [3.63, 3.8) is 0 Å². The Balaban J connectivity index is 1.37. The van der Waals surface area contributed by atoms with Gasteiger partial charge in [-0.3, -0.25) is 9.48 Å². The van der Waals surface area contributed by atoms with Crippen LogP contribution < -0.4 is 14.4 Å². The summed E-state index contributed by atoms with van der Waals surface area (Å²) in [5, 5.41) is 4.59. The van der Waals surface area contributed by atoms with E-state index in [0.717, 1.165) is 28.1 Å². The van der Waals surface area contributed by atoms with Gasteiger partial charge < -0.3 is 19.3 Å². The molecule has 2 heterocycles. The van der Waals surface area contributed by atoms with E-state index in [2.05, 4.69) is 10.00 Å². The predicted molar refractivity (Wildman–Crippen MR) is 119 cm³/mol. The second-order valence-corrected chi connectivity index (χ2v) is 8.10. The van der Waals surface area contributed by atoms with E-state index in [-0.39, 0.29) is 11.7 Å². The minimum absolute atomic E-state index is 0.0488. The molecule has 0 saturated carbocycles. The molecule has 0 atom stereocenters. The van der Waals surface area contributed by atoms with Gasteiger partial charge in [-0.15, -0.1) is 0 Å². The standard InChI is InChI=1S/C24H25FN4O3/c1-27-23-18-14-21(32-3)20(31-2)13-15(18)12-19(23)22(26-27)24(30)29-10-8-28(9-11-29)17-6-4-16(25)5-7-17/h4-7,13-14H,8-12H2,1-3H3. The number of hydrogen-bond acceptors (Lipinski definition) is 5. The van der Waals surface area contributed by atoms with Crippen LogP contribution >= 0.6 is 0 Å². The second-order valence-electron chi connectivity index (χ2n) is 8.10. The van der Waals surface area contributed by atoms with Gasteiger partial charge in [0.2, 0.25) is 0 Å². The number of benzene rings is 2. The number of fused-ring (bicyclic) bond motifs is 3. The van der Waals surface area contributed by atoms with Gasteiger partial charge in [-0.25, -0.2) is 4.39 Å². The number of methoxy groups -OCH3 is 2. The fourth-order valence-corrected chi connectivity index (χ4v) is 4.69. The van der Waals surface area contributed by atoms with E-state index in [1.165, 1.54) is 12.1 Å². The molecule has 32 heavy (non-hydrogen) atoms. The van der Waals surface area contributed by atoms with Crippen LogP contribution in [0.4, 0.5) is 10.1 Å². The van der Waals surface area contributed by atoms with Gasteiger partial charge in [0.05, 0.1) is 19.9 Å². The van der Waals surface area contributed by atoms with Crippen LogP contribution in [-0.4, -0.2) is 61.0 Å². The average molecular weight is 436 g/mol. The number of carbonyl (C=O) groups excluding carboxylic acids is 1. The van der Waals surface area contributed by atoms with Gasteiger partial charge in [-0.1, -0.05) is 0 Å². The Bertz CT molecular complexity index is 1180. The molecule has 1 aliphatic carbocycles. The van der Waals surface area contributed by atoms with Crippen molar-refractivity contribution in [2.24, 2.45) is 7.05 Å². The van der Waals surface area contributed by atoms with E-state index < -0.39 is 0 Å². The fraction of sp³-hybridized carbons (Fsp3) is 0.333. The SMILES string of the molecule is COc1cc2c(cc1OC)-c1c(c(C(=O)N3CCN(c4ccc(F)cc4)CC3)nn1C)C2. The number of rotatable bonds is 4. The van der Waals surface area contributed by atoms with Gasteiger partial charge in [0.15, 0.2) is 17.2 Å². The smallest absolute Gasteiger partial charge is 0.274 e. The number of hydrogen-bond donors (Lipinski definition) is 0. The van der Waals surface area contributed by atoms with Crippen LogP contribution in [0.25, 0.3) is 11.3 Å².